The van der Waals surface area contributed by atoms with Gasteiger partial charge < -0.3 is 5.73 Å². The second-order valence-corrected chi connectivity index (χ2v) is 6.17. The van der Waals surface area contributed by atoms with Crippen molar-refractivity contribution in [3.63, 3.8) is 0 Å². The van der Waals surface area contributed by atoms with Gasteiger partial charge in [-0.2, -0.15) is 4.39 Å². The fourth-order valence-electron chi connectivity index (χ4n) is 1.35. The van der Waals surface area contributed by atoms with Crippen LogP contribution in [0, 0.1) is 5.95 Å². The van der Waals surface area contributed by atoms with Crippen LogP contribution in [0.5, 0.6) is 0 Å². The highest BCUT2D eigenvalue weighted by Crippen LogP contribution is 2.23. The smallest absolute Gasteiger partial charge is 0.263 e. The molecule has 2 aromatic rings. The SMILES string of the molecule is Nc1cc(S(=O)(=O)Nc2cccc(F)n2)ccc1Br. The van der Waals surface area contributed by atoms with Crippen molar-refractivity contribution in [2.24, 2.45) is 0 Å². The van der Waals surface area contributed by atoms with Crippen molar-refractivity contribution in [1.29, 1.82) is 0 Å². The van der Waals surface area contributed by atoms with Crippen molar-refractivity contribution >= 4 is 37.5 Å². The summed E-state index contributed by atoms with van der Waals surface area (Å²) in [7, 11) is -3.85. The molecule has 5 nitrogen and oxygen atoms in total. The average Bonchev–Trinajstić information content (AvgIpc) is 2.32. The molecule has 0 fully saturated rings. The van der Waals surface area contributed by atoms with Gasteiger partial charge in [0.1, 0.15) is 5.82 Å². The lowest BCUT2D eigenvalue weighted by Gasteiger charge is -2.08. The number of rotatable bonds is 3. The third kappa shape index (κ3) is 3.21. The van der Waals surface area contributed by atoms with E-state index in [2.05, 4.69) is 25.6 Å². The molecular formula is C11H9BrFN3O2S. The third-order valence-corrected chi connectivity index (χ3v) is 4.31. The van der Waals surface area contributed by atoms with Gasteiger partial charge in [-0.05, 0) is 46.3 Å². The van der Waals surface area contributed by atoms with Crippen LogP contribution in [0.15, 0.2) is 45.8 Å². The van der Waals surface area contributed by atoms with Crippen molar-refractivity contribution in [3.8, 4) is 0 Å². The van der Waals surface area contributed by atoms with Crippen molar-refractivity contribution in [3.05, 3.63) is 46.8 Å². The molecule has 0 atom stereocenters. The minimum atomic E-state index is -3.85. The minimum absolute atomic E-state index is 0.0285. The molecule has 2 rings (SSSR count). The molecule has 3 N–H and O–H groups in total. The van der Waals surface area contributed by atoms with E-state index in [9.17, 15) is 12.8 Å². The number of anilines is 2. The van der Waals surface area contributed by atoms with Gasteiger partial charge in [0.2, 0.25) is 5.95 Å². The van der Waals surface area contributed by atoms with Gasteiger partial charge in [0, 0.05) is 10.2 Å². The monoisotopic (exact) mass is 345 g/mol. The second kappa shape index (κ2) is 5.14. The van der Waals surface area contributed by atoms with E-state index >= 15 is 0 Å². The summed E-state index contributed by atoms with van der Waals surface area (Å²) in [6.45, 7) is 0. The first-order valence-corrected chi connectivity index (χ1v) is 7.36. The summed E-state index contributed by atoms with van der Waals surface area (Å²) < 4.78 is 39.7. The van der Waals surface area contributed by atoms with Crippen LogP contribution in [0.25, 0.3) is 0 Å². The summed E-state index contributed by atoms with van der Waals surface area (Å²) >= 11 is 3.17. The van der Waals surface area contributed by atoms with E-state index in [1.165, 1.54) is 30.3 Å². The fraction of sp³-hybridized carbons (Fsp3) is 0. The molecule has 100 valence electrons. The molecule has 1 aromatic heterocycles. The number of aromatic nitrogens is 1. The highest BCUT2D eigenvalue weighted by Gasteiger charge is 2.16. The molecular weight excluding hydrogens is 337 g/mol. The van der Waals surface area contributed by atoms with Crippen molar-refractivity contribution in [1.82, 2.24) is 4.98 Å². The van der Waals surface area contributed by atoms with Crippen LogP contribution in [0.1, 0.15) is 0 Å². The van der Waals surface area contributed by atoms with E-state index in [0.717, 1.165) is 6.07 Å². The third-order valence-electron chi connectivity index (χ3n) is 2.23. The van der Waals surface area contributed by atoms with Crippen molar-refractivity contribution < 1.29 is 12.8 Å². The summed E-state index contributed by atoms with van der Waals surface area (Å²) in [5.74, 6) is -0.864. The topological polar surface area (TPSA) is 85.1 Å². The maximum absolute atomic E-state index is 12.9. The summed E-state index contributed by atoms with van der Waals surface area (Å²) in [5, 5.41) is 0. The quantitative estimate of drug-likeness (QED) is 0.660. The molecule has 0 unspecified atom stereocenters. The zero-order valence-corrected chi connectivity index (χ0v) is 11.9. The molecule has 0 aliphatic carbocycles. The zero-order valence-electron chi connectivity index (χ0n) is 9.47. The Morgan fingerprint density at radius 3 is 2.63 bits per heavy atom. The van der Waals surface area contributed by atoms with Gasteiger partial charge in [-0.25, -0.2) is 13.4 Å². The number of pyridine rings is 1. The molecule has 0 saturated heterocycles. The van der Waals surface area contributed by atoms with Gasteiger partial charge >= 0.3 is 0 Å². The molecule has 1 heterocycles. The van der Waals surface area contributed by atoms with Crippen LogP contribution in [-0.4, -0.2) is 13.4 Å². The number of nitrogens with two attached hydrogens (primary N) is 1. The predicted molar refractivity (Wildman–Crippen MR) is 73.6 cm³/mol. The van der Waals surface area contributed by atoms with Crippen molar-refractivity contribution in [2.45, 2.75) is 4.90 Å². The first-order valence-electron chi connectivity index (χ1n) is 5.09. The Kier molecular flexibility index (Phi) is 3.72. The van der Waals surface area contributed by atoms with E-state index in [-0.39, 0.29) is 16.4 Å². The molecule has 0 aliphatic rings. The van der Waals surface area contributed by atoms with Crippen LogP contribution in [0.3, 0.4) is 0 Å². The van der Waals surface area contributed by atoms with Crippen LogP contribution < -0.4 is 10.5 Å². The first kappa shape index (κ1) is 13.8. The van der Waals surface area contributed by atoms with Crippen LogP contribution in [-0.2, 0) is 10.0 Å². The summed E-state index contributed by atoms with van der Waals surface area (Å²) in [5.41, 5.74) is 5.91. The number of nitrogens with zero attached hydrogens (tertiary/aromatic N) is 1. The molecule has 1 aromatic carbocycles. The average molecular weight is 346 g/mol. The van der Waals surface area contributed by atoms with E-state index < -0.39 is 16.0 Å². The number of halogens is 2. The molecule has 0 radical (unpaired) electrons. The van der Waals surface area contributed by atoms with Gasteiger partial charge in [-0.1, -0.05) is 6.07 Å². The zero-order chi connectivity index (χ0) is 14.0. The molecule has 0 saturated carbocycles. The highest BCUT2D eigenvalue weighted by molar-refractivity contribution is 9.10. The Bertz CT molecular complexity index is 722. The molecule has 0 amide bonds. The standard InChI is InChI=1S/C11H9BrFN3O2S/c12-8-5-4-7(6-9(8)14)19(17,18)16-11-3-1-2-10(13)15-11/h1-6H,14H2,(H,15,16). The number of nitrogens with one attached hydrogen (secondary N) is 1. The Balaban J connectivity index is 2.35. The van der Waals surface area contributed by atoms with E-state index in [0.29, 0.717) is 4.47 Å². The van der Waals surface area contributed by atoms with E-state index in [4.69, 9.17) is 5.73 Å². The minimum Gasteiger partial charge on any atom is -0.398 e. The number of hydrogen-bond donors (Lipinski definition) is 2. The van der Waals surface area contributed by atoms with Gasteiger partial charge in [0.05, 0.1) is 4.90 Å². The lowest BCUT2D eigenvalue weighted by Crippen LogP contribution is -2.14. The second-order valence-electron chi connectivity index (χ2n) is 3.63. The van der Waals surface area contributed by atoms with Crippen LogP contribution in [0.4, 0.5) is 15.9 Å². The Morgan fingerprint density at radius 1 is 1.26 bits per heavy atom. The number of nitrogen functional groups attached to an aromatic ring is 1. The molecule has 19 heavy (non-hydrogen) atoms. The lowest BCUT2D eigenvalue weighted by molar-refractivity contribution is 0.584. The van der Waals surface area contributed by atoms with Crippen LogP contribution in [0.2, 0.25) is 0 Å². The lowest BCUT2D eigenvalue weighted by atomic mass is 10.3. The van der Waals surface area contributed by atoms with Gasteiger partial charge in [0.15, 0.2) is 0 Å². The number of sulfonamides is 1. The summed E-state index contributed by atoms with van der Waals surface area (Å²) in [4.78, 5) is 3.40. The summed E-state index contributed by atoms with van der Waals surface area (Å²) in [6.07, 6.45) is 0. The van der Waals surface area contributed by atoms with E-state index in [1.807, 2.05) is 0 Å². The first-order chi connectivity index (χ1) is 8.88. The normalized spacial score (nSPS) is 11.3. The Labute approximate surface area is 117 Å². The maximum Gasteiger partial charge on any atom is 0.263 e. The maximum atomic E-state index is 12.9. The fourth-order valence-corrected chi connectivity index (χ4v) is 2.63. The Morgan fingerprint density at radius 2 is 2.00 bits per heavy atom. The highest BCUT2D eigenvalue weighted by atomic mass is 79.9. The molecule has 0 bridgehead atoms. The van der Waals surface area contributed by atoms with E-state index in [1.54, 1.807) is 0 Å². The van der Waals surface area contributed by atoms with Crippen molar-refractivity contribution in [2.75, 3.05) is 10.5 Å². The number of benzene rings is 1. The molecule has 8 heteroatoms. The molecule has 0 aliphatic heterocycles. The molecule has 0 spiro atoms. The van der Waals surface area contributed by atoms with Gasteiger partial charge in [-0.15, -0.1) is 0 Å². The Hall–Kier alpha value is -1.67. The van der Waals surface area contributed by atoms with Crippen LogP contribution >= 0.6 is 15.9 Å². The number of hydrogen-bond acceptors (Lipinski definition) is 4. The van der Waals surface area contributed by atoms with Gasteiger partial charge in [0.25, 0.3) is 10.0 Å². The summed E-state index contributed by atoms with van der Waals surface area (Å²) in [6, 6.07) is 8.02. The largest absolute Gasteiger partial charge is 0.398 e. The predicted octanol–water partition coefficient (Wildman–Crippen LogP) is 2.37. The van der Waals surface area contributed by atoms with Gasteiger partial charge in [-0.3, -0.25) is 4.72 Å².